The largest absolute Gasteiger partial charge is 0.317 e. The van der Waals surface area contributed by atoms with Crippen molar-refractivity contribution in [2.45, 2.75) is 26.7 Å². The Morgan fingerprint density at radius 1 is 1.30 bits per heavy atom. The Balaban J connectivity index is 0.000000371. The summed E-state index contributed by atoms with van der Waals surface area (Å²) in [5.41, 5.74) is 0. The molecule has 1 heterocycles. The normalized spacial score (nSPS) is 18.5. The lowest BCUT2D eigenvalue weighted by molar-refractivity contribution is 0.448. The average molecular weight is 139 g/mol. The summed E-state index contributed by atoms with van der Waals surface area (Å²) in [6, 6.07) is 0. The second-order valence-electron chi connectivity index (χ2n) is 2.19. The molecule has 1 saturated heterocycles. The van der Waals surface area contributed by atoms with Crippen molar-refractivity contribution >= 4 is 0 Å². The highest BCUT2D eigenvalue weighted by Crippen LogP contribution is 2.08. The Labute approximate surface area is 64.2 Å². The molecule has 0 aliphatic carbocycles. The molecule has 0 aromatic heterocycles. The van der Waals surface area contributed by atoms with Gasteiger partial charge in [0.1, 0.15) is 0 Å². The third kappa shape index (κ3) is 3.53. The molecule has 1 aliphatic heterocycles. The highest BCUT2D eigenvalue weighted by Gasteiger charge is 2.07. The Morgan fingerprint density at radius 3 is 2.10 bits per heavy atom. The minimum atomic E-state index is 0.552. The highest BCUT2D eigenvalue weighted by atomic mass is 14.9. The topological polar surface area (TPSA) is 12.0 Å². The quantitative estimate of drug-likeness (QED) is 0.503. The summed E-state index contributed by atoms with van der Waals surface area (Å²) in [6.45, 7) is 6.21. The maximum Gasteiger partial charge on any atom is 0.0224 e. The number of terminal acetylenes is 1. The fraction of sp³-hybridized carbons (Fsp3) is 0.778. The Bertz CT molecular complexity index is 95.8. The summed E-state index contributed by atoms with van der Waals surface area (Å²) in [4.78, 5) is 0. The highest BCUT2D eigenvalue weighted by molar-refractivity contribution is 4.94. The number of piperidine rings is 1. The summed E-state index contributed by atoms with van der Waals surface area (Å²) >= 11 is 0. The predicted octanol–water partition coefficient (Wildman–Crippen LogP) is 1.65. The molecule has 1 N–H and O–H groups in total. The van der Waals surface area contributed by atoms with Crippen LogP contribution in [0.5, 0.6) is 0 Å². The first-order valence-electron chi connectivity index (χ1n) is 4.10. The zero-order valence-electron chi connectivity index (χ0n) is 6.98. The molecule has 0 saturated carbocycles. The zero-order valence-corrected chi connectivity index (χ0v) is 6.98. The van der Waals surface area contributed by atoms with E-state index in [1.807, 2.05) is 13.8 Å². The summed E-state index contributed by atoms with van der Waals surface area (Å²) < 4.78 is 0. The third-order valence-corrected chi connectivity index (χ3v) is 1.57. The molecule has 0 spiro atoms. The van der Waals surface area contributed by atoms with E-state index >= 15 is 0 Å². The number of rotatable bonds is 0. The van der Waals surface area contributed by atoms with Crippen molar-refractivity contribution < 1.29 is 0 Å². The van der Waals surface area contributed by atoms with Gasteiger partial charge in [0, 0.05) is 5.92 Å². The molecule has 0 aromatic rings. The van der Waals surface area contributed by atoms with Gasteiger partial charge in [0.25, 0.3) is 0 Å². The lowest BCUT2D eigenvalue weighted by atomic mass is 10.00. The molecule has 1 rings (SSSR count). The maximum atomic E-state index is 5.23. The van der Waals surface area contributed by atoms with E-state index in [4.69, 9.17) is 6.42 Å². The van der Waals surface area contributed by atoms with Gasteiger partial charge in [0.05, 0.1) is 0 Å². The fourth-order valence-corrected chi connectivity index (χ4v) is 0.989. The van der Waals surface area contributed by atoms with Crippen molar-refractivity contribution in [3.8, 4) is 12.3 Å². The van der Waals surface area contributed by atoms with E-state index in [1.54, 1.807) is 0 Å². The van der Waals surface area contributed by atoms with E-state index in [0.29, 0.717) is 5.92 Å². The van der Waals surface area contributed by atoms with Crippen LogP contribution in [-0.2, 0) is 0 Å². The van der Waals surface area contributed by atoms with E-state index in [1.165, 1.54) is 0 Å². The number of hydrogen-bond donors (Lipinski definition) is 1. The first-order chi connectivity index (χ1) is 4.93. The van der Waals surface area contributed by atoms with Gasteiger partial charge in [-0.3, -0.25) is 0 Å². The van der Waals surface area contributed by atoms with Gasteiger partial charge in [-0.05, 0) is 25.9 Å². The van der Waals surface area contributed by atoms with Crippen LogP contribution in [0.3, 0.4) is 0 Å². The van der Waals surface area contributed by atoms with E-state index in [-0.39, 0.29) is 0 Å². The molecule has 1 heteroatoms. The van der Waals surface area contributed by atoms with E-state index in [9.17, 15) is 0 Å². The van der Waals surface area contributed by atoms with Gasteiger partial charge in [-0.2, -0.15) is 0 Å². The lowest BCUT2D eigenvalue weighted by Gasteiger charge is -2.16. The lowest BCUT2D eigenvalue weighted by Crippen LogP contribution is -2.26. The van der Waals surface area contributed by atoms with Crippen molar-refractivity contribution in [1.29, 1.82) is 0 Å². The average Bonchev–Trinajstić information content (AvgIpc) is 2.10. The van der Waals surface area contributed by atoms with Crippen LogP contribution in [0.15, 0.2) is 0 Å². The van der Waals surface area contributed by atoms with Crippen molar-refractivity contribution in [2.75, 3.05) is 13.1 Å². The molecule has 0 unspecified atom stereocenters. The molecule has 1 nitrogen and oxygen atoms in total. The van der Waals surface area contributed by atoms with Gasteiger partial charge in [0.15, 0.2) is 0 Å². The predicted molar refractivity (Wildman–Crippen MR) is 45.8 cm³/mol. The van der Waals surface area contributed by atoms with Crippen LogP contribution in [-0.4, -0.2) is 13.1 Å². The molecular weight excluding hydrogens is 122 g/mol. The monoisotopic (exact) mass is 139 g/mol. The van der Waals surface area contributed by atoms with Gasteiger partial charge >= 0.3 is 0 Å². The van der Waals surface area contributed by atoms with Crippen LogP contribution in [0.1, 0.15) is 26.7 Å². The van der Waals surface area contributed by atoms with Gasteiger partial charge < -0.3 is 5.32 Å². The molecular formula is C9H17N. The van der Waals surface area contributed by atoms with Gasteiger partial charge in [-0.15, -0.1) is 12.3 Å². The van der Waals surface area contributed by atoms with Crippen LogP contribution in [0, 0.1) is 18.3 Å². The van der Waals surface area contributed by atoms with Crippen LogP contribution in [0.25, 0.3) is 0 Å². The van der Waals surface area contributed by atoms with Crippen LogP contribution in [0.4, 0.5) is 0 Å². The zero-order chi connectivity index (χ0) is 7.82. The van der Waals surface area contributed by atoms with Crippen LogP contribution >= 0.6 is 0 Å². The standard InChI is InChI=1S/C7H11N.C2H6/c1-2-7-3-5-8-6-4-7;1-2/h1,7-8H,3-6H2;1-2H3. The molecule has 1 aliphatic rings. The van der Waals surface area contributed by atoms with Gasteiger partial charge in [-0.1, -0.05) is 13.8 Å². The molecule has 0 atom stereocenters. The van der Waals surface area contributed by atoms with Crippen LogP contribution < -0.4 is 5.32 Å². The van der Waals surface area contributed by atoms with E-state index < -0.39 is 0 Å². The molecule has 10 heavy (non-hydrogen) atoms. The molecule has 58 valence electrons. The summed E-state index contributed by atoms with van der Waals surface area (Å²) in [6.07, 6.45) is 7.55. The maximum absolute atomic E-state index is 5.23. The van der Waals surface area contributed by atoms with Crippen molar-refractivity contribution in [2.24, 2.45) is 5.92 Å². The van der Waals surface area contributed by atoms with Crippen LogP contribution in [0.2, 0.25) is 0 Å². The second-order valence-corrected chi connectivity index (χ2v) is 2.19. The second kappa shape index (κ2) is 6.64. The van der Waals surface area contributed by atoms with Crippen molar-refractivity contribution in [1.82, 2.24) is 5.32 Å². The number of nitrogens with one attached hydrogen (secondary N) is 1. The third-order valence-electron chi connectivity index (χ3n) is 1.57. The summed E-state index contributed by atoms with van der Waals surface area (Å²) in [5, 5.41) is 3.25. The minimum Gasteiger partial charge on any atom is -0.317 e. The van der Waals surface area contributed by atoms with Crippen molar-refractivity contribution in [3.63, 3.8) is 0 Å². The molecule has 0 bridgehead atoms. The molecule has 0 radical (unpaired) electrons. The Kier molecular flexibility index (Phi) is 6.32. The summed E-state index contributed by atoms with van der Waals surface area (Å²) in [7, 11) is 0. The fourth-order valence-electron chi connectivity index (χ4n) is 0.989. The first-order valence-corrected chi connectivity index (χ1v) is 4.10. The SMILES string of the molecule is C#CC1CCNCC1.CC. The molecule has 0 amide bonds. The first kappa shape index (κ1) is 9.52. The molecule has 1 fully saturated rings. The van der Waals surface area contributed by atoms with Crippen molar-refractivity contribution in [3.05, 3.63) is 0 Å². The molecule has 0 aromatic carbocycles. The smallest absolute Gasteiger partial charge is 0.0224 e. The number of hydrogen-bond acceptors (Lipinski definition) is 1. The van der Waals surface area contributed by atoms with Gasteiger partial charge in [-0.25, -0.2) is 0 Å². The Hall–Kier alpha value is -0.480. The Morgan fingerprint density at radius 2 is 1.80 bits per heavy atom. The van der Waals surface area contributed by atoms with Gasteiger partial charge in [0.2, 0.25) is 0 Å². The minimum absolute atomic E-state index is 0.552. The van der Waals surface area contributed by atoms with E-state index in [0.717, 1.165) is 25.9 Å². The summed E-state index contributed by atoms with van der Waals surface area (Å²) in [5.74, 6) is 3.32. The van der Waals surface area contributed by atoms with E-state index in [2.05, 4.69) is 11.2 Å².